The van der Waals surface area contributed by atoms with Gasteiger partial charge in [0.25, 0.3) is 0 Å². The number of nitrogens with one attached hydrogen (secondary N) is 2. The van der Waals surface area contributed by atoms with Gasteiger partial charge in [0, 0.05) is 6.42 Å². The molecule has 0 spiro atoms. The first-order valence-corrected chi connectivity index (χ1v) is 10.6. The van der Waals surface area contributed by atoms with E-state index in [0.717, 1.165) is 22.3 Å². The van der Waals surface area contributed by atoms with Crippen LogP contribution in [0.3, 0.4) is 0 Å². The minimum absolute atomic E-state index is 0.0939. The molecule has 0 saturated carbocycles. The standard InChI is InChI=1S/C25H32N2O5/c1-16(2)22(27-25(30)32-15-19-9-7-6-8-10-19)23(28)26-21(24(29)31-5)14-20-12-11-17(3)18(4)13-20/h6-13,16,21-22H,14-15H2,1-5H3,(H,26,28)(H,27,30)/t21-,22+/m0/s1. The van der Waals surface area contributed by atoms with Crippen LogP contribution in [0.4, 0.5) is 4.79 Å². The summed E-state index contributed by atoms with van der Waals surface area (Å²) in [7, 11) is 1.28. The van der Waals surface area contributed by atoms with Crippen LogP contribution in [-0.2, 0) is 32.1 Å². The number of rotatable bonds is 9. The Labute approximate surface area is 189 Å². The van der Waals surface area contributed by atoms with E-state index in [1.165, 1.54) is 7.11 Å². The van der Waals surface area contributed by atoms with E-state index in [4.69, 9.17) is 9.47 Å². The molecule has 0 aliphatic heterocycles. The maximum absolute atomic E-state index is 12.9. The molecule has 0 fully saturated rings. The molecule has 2 aromatic rings. The molecule has 0 unspecified atom stereocenters. The summed E-state index contributed by atoms with van der Waals surface area (Å²) in [6.07, 6.45) is -0.422. The van der Waals surface area contributed by atoms with Crippen molar-refractivity contribution in [3.63, 3.8) is 0 Å². The highest BCUT2D eigenvalue weighted by molar-refractivity contribution is 5.90. The summed E-state index contributed by atoms with van der Waals surface area (Å²) in [5.74, 6) is -1.25. The third kappa shape index (κ3) is 7.41. The van der Waals surface area contributed by atoms with Crippen LogP contribution in [0, 0.1) is 19.8 Å². The lowest BCUT2D eigenvalue weighted by atomic mass is 9.99. The number of benzene rings is 2. The second kappa shape index (κ2) is 11.9. The molecule has 0 aromatic heterocycles. The molecule has 0 radical (unpaired) electrons. The quantitative estimate of drug-likeness (QED) is 0.583. The lowest BCUT2D eigenvalue weighted by molar-refractivity contribution is -0.145. The Morgan fingerprint density at radius 1 is 0.906 bits per heavy atom. The van der Waals surface area contributed by atoms with Crippen molar-refractivity contribution in [3.05, 3.63) is 70.8 Å². The second-order valence-corrected chi connectivity index (χ2v) is 8.13. The van der Waals surface area contributed by atoms with Crippen LogP contribution < -0.4 is 10.6 Å². The number of methoxy groups -OCH3 is 1. The van der Waals surface area contributed by atoms with E-state index in [-0.39, 0.29) is 18.9 Å². The van der Waals surface area contributed by atoms with Crippen molar-refractivity contribution in [1.29, 1.82) is 0 Å². The number of carbonyl (C=O) groups excluding carboxylic acids is 3. The Balaban J connectivity index is 2.04. The number of carbonyl (C=O) groups is 3. The van der Waals surface area contributed by atoms with Crippen molar-refractivity contribution in [3.8, 4) is 0 Å². The van der Waals surface area contributed by atoms with Gasteiger partial charge in [0.05, 0.1) is 7.11 Å². The highest BCUT2D eigenvalue weighted by Gasteiger charge is 2.30. The van der Waals surface area contributed by atoms with E-state index < -0.39 is 30.1 Å². The highest BCUT2D eigenvalue weighted by atomic mass is 16.5. The fourth-order valence-corrected chi connectivity index (χ4v) is 3.19. The Bertz CT molecular complexity index is 927. The fourth-order valence-electron chi connectivity index (χ4n) is 3.19. The fraction of sp³-hybridized carbons (Fsp3) is 0.400. The molecule has 0 heterocycles. The summed E-state index contributed by atoms with van der Waals surface area (Å²) in [4.78, 5) is 37.5. The molecule has 7 heteroatoms. The summed E-state index contributed by atoms with van der Waals surface area (Å²) in [6.45, 7) is 7.70. The summed E-state index contributed by atoms with van der Waals surface area (Å²) < 4.78 is 10.1. The summed E-state index contributed by atoms with van der Waals surface area (Å²) in [5.41, 5.74) is 3.98. The van der Waals surface area contributed by atoms with Gasteiger partial charge in [-0.15, -0.1) is 0 Å². The Morgan fingerprint density at radius 3 is 2.19 bits per heavy atom. The van der Waals surface area contributed by atoms with Crippen LogP contribution in [0.25, 0.3) is 0 Å². The number of amides is 2. The van der Waals surface area contributed by atoms with Gasteiger partial charge in [-0.3, -0.25) is 4.79 Å². The van der Waals surface area contributed by atoms with Crippen LogP contribution in [0.5, 0.6) is 0 Å². The average Bonchev–Trinajstić information content (AvgIpc) is 2.77. The second-order valence-electron chi connectivity index (χ2n) is 8.13. The highest BCUT2D eigenvalue weighted by Crippen LogP contribution is 2.13. The van der Waals surface area contributed by atoms with E-state index in [1.807, 2.05) is 62.4 Å². The van der Waals surface area contributed by atoms with Crippen LogP contribution in [-0.4, -0.2) is 37.2 Å². The third-order valence-electron chi connectivity index (χ3n) is 5.25. The first-order valence-electron chi connectivity index (χ1n) is 10.6. The molecular formula is C25H32N2O5. The van der Waals surface area contributed by atoms with Gasteiger partial charge >= 0.3 is 12.1 Å². The van der Waals surface area contributed by atoms with Crippen molar-refractivity contribution < 1.29 is 23.9 Å². The van der Waals surface area contributed by atoms with Crippen LogP contribution in [0.15, 0.2) is 48.5 Å². The predicted octanol–water partition coefficient (Wildman–Crippen LogP) is 3.45. The predicted molar refractivity (Wildman–Crippen MR) is 122 cm³/mol. The minimum atomic E-state index is -0.877. The van der Waals surface area contributed by atoms with Crippen LogP contribution in [0.1, 0.15) is 36.1 Å². The molecular weight excluding hydrogens is 408 g/mol. The Kier molecular flexibility index (Phi) is 9.25. The minimum Gasteiger partial charge on any atom is -0.467 e. The maximum atomic E-state index is 12.9. The smallest absolute Gasteiger partial charge is 0.408 e. The molecule has 172 valence electrons. The van der Waals surface area contributed by atoms with Crippen molar-refractivity contribution >= 4 is 18.0 Å². The topological polar surface area (TPSA) is 93.7 Å². The zero-order valence-electron chi connectivity index (χ0n) is 19.3. The van der Waals surface area contributed by atoms with Gasteiger partial charge in [-0.25, -0.2) is 9.59 Å². The Hall–Kier alpha value is -3.35. The number of ether oxygens (including phenoxy) is 2. The van der Waals surface area contributed by atoms with E-state index in [0.29, 0.717) is 0 Å². The molecule has 2 aromatic carbocycles. The van der Waals surface area contributed by atoms with E-state index in [2.05, 4.69) is 10.6 Å². The normalized spacial score (nSPS) is 12.6. The largest absolute Gasteiger partial charge is 0.467 e. The number of alkyl carbamates (subject to hydrolysis) is 1. The van der Waals surface area contributed by atoms with Crippen molar-refractivity contribution in [1.82, 2.24) is 10.6 Å². The van der Waals surface area contributed by atoms with E-state index in [1.54, 1.807) is 13.8 Å². The molecule has 2 N–H and O–H groups in total. The van der Waals surface area contributed by atoms with E-state index >= 15 is 0 Å². The molecule has 0 aliphatic carbocycles. The number of hydrogen-bond donors (Lipinski definition) is 2. The lowest BCUT2D eigenvalue weighted by Gasteiger charge is -2.24. The van der Waals surface area contributed by atoms with Crippen LogP contribution >= 0.6 is 0 Å². The van der Waals surface area contributed by atoms with Gasteiger partial charge in [0.15, 0.2) is 0 Å². The first-order chi connectivity index (χ1) is 15.2. The van der Waals surface area contributed by atoms with Gasteiger partial charge in [-0.05, 0) is 42.0 Å². The summed E-state index contributed by atoms with van der Waals surface area (Å²) in [6, 6.07) is 13.4. The first kappa shape index (κ1) is 24.9. The molecule has 0 saturated heterocycles. The molecule has 0 bridgehead atoms. The van der Waals surface area contributed by atoms with Crippen molar-refractivity contribution in [2.75, 3.05) is 7.11 Å². The van der Waals surface area contributed by atoms with Crippen LogP contribution in [0.2, 0.25) is 0 Å². The monoisotopic (exact) mass is 440 g/mol. The van der Waals surface area contributed by atoms with Crippen molar-refractivity contribution in [2.24, 2.45) is 5.92 Å². The van der Waals surface area contributed by atoms with Gasteiger partial charge in [0.2, 0.25) is 5.91 Å². The zero-order valence-corrected chi connectivity index (χ0v) is 19.3. The SMILES string of the molecule is COC(=O)[C@H](Cc1ccc(C)c(C)c1)NC(=O)[C@H](NC(=O)OCc1ccccc1)C(C)C. The molecule has 7 nitrogen and oxygen atoms in total. The molecule has 2 atom stereocenters. The Morgan fingerprint density at radius 2 is 1.59 bits per heavy atom. The average molecular weight is 441 g/mol. The summed E-state index contributed by atoms with van der Waals surface area (Å²) >= 11 is 0. The maximum Gasteiger partial charge on any atom is 0.408 e. The molecule has 2 amide bonds. The van der Waals surface area contributed by atoms with Gasteiger partial charge in [0.1, 0.15) is 18.7 Å². The zero-order chi connectivity index (χ0) is 23.7. The van der Waals surface area contributed by atoms with Gasteiger partial charge in [-0.1, -0.05) is 62.4 Å². The number of aryl methyl sites for hydroxylation is 2. The van der Waals surface area contributed by atoms with E-state index in [9.17, 15) is 14.4 Å². The summed E-state index contributed by atoms with van der Waals surface area (Å²) in [5, 5.41) is 5.33. The number of esters is 1. The third-order valence-corrected chi connectivity index (χ3v) is 5.25. The van der Waals surface area contributed by atoms with Gasteiger partial charge < -0.3 is 20.1 Å². The molecule has 0 aliphatic rings. The van der Waals surface area contributed by atoms with Crippen molar-refractivity contribution in [2.45, 2.75) is 52.8 Å². The number of hydrogen-bond acceptors (Lipinski definition) is 5. The molecule has 2 rings (SSSR count). The molecule has 32 heavy (non-hydrogen) atoms. The lowest BCUT2D eigenvalue weighted by Crippen LogP contribution is -2.54. The van der Waals surface area contributed by atoms with Gasteiger partial charge in [-0.2, -0.15) is 0 Å².